The zero-order chi connectivity index (χ0) is 26.5. The van der Waals surface area contributed by atoms with E-state index in [9.17, 15) is 4.79 Å². The molecule has 1 amide bonds. The minimum Gasteiger partial charge on any atom is -0.347 e. The maximum absolute atomic E-state index is 13.5. The summed E-state index contributed by atoms with van der Waals surface area (Å²) in [6, 6.07) is 9.09. The molecule has 8 nitrogen and oxygen atoms in total. The topological polar surface area (TPSA) is 84.2 Å². The van der Waals surface area contributed by atoms with Crippen LogP contribution in [-0.4, -0.2) is 72.8 Å². The second-order valence-electron chi connectivity index (χ2n) is 12.1. The van der Waals surface area contributed by atoms with Gasteiger partial charge in [-0.15, -0.1) is 0 Å². The van der Waals surface area contributed by atoms with Gasteiger partial charge < -0.3 is 19.8 Å². The highest BCUT2D eigenvalue weighted by Gasteiger charge is 2.39. The van der Waals surface area contributed by atoms with E-state index in [2.05, 4.69) is 41.9 Å². The predicted octanol–water partition coefficient (Wildman–Crippen LogP) is 4.99. The van der Waals surface area contributed by atoms with E-state index in [0.717, 1.165) is 24.2 Å². The molecule has 208 valence electrons. The van der Waals surface area contributed by atoms with Gasteiger partial charge in [0, 0.05) is 49.5 Å². The molecule has 0 unspecified atom stereocenters. The number of benzene rings is 1. The van der Waals surface area contributed by atoms with Gasteiger partial charge in [0.15, 0.2) is 0 Å². The third kappa shape index (κ3) is 6.44. The zero-order valence-corrected chi connectivity index (χ0v) is 23.2. The minimum absolute atomic E-state index is 0.0176. The molecule has 1 saturated carbocycles. The lowest BCUT2D eigenvalue weighted by Crippen LogP contribution is -2.51. The Labute approximate surface area is 232 Å². The molecule has 0 atom stereocenters. The van der Waals surface area contributed by atoms with Crippen molar-refractivity contribution in [2.75, 3.05) is 26.2 Å². The standard InChI is InChI=1S/C31H43N7O/c39-30(38(22-28-32-14-15-33-28)23-29-34-16-17-35-29)26-9-7-25(8-10-26)21-36-18-4-11-31(24-36)12-19-37(20-13-31)27-5-2-1-3-6-27/h7-10,14-17,27H,1-6,11-13,18-24H2,(H,32,33)(H,34,35). The molecule has 2 N–H and O–H groups in total. The minimum atomic E-state index is -0.0176. The molecule has 6 rings (SSSR count). The number of carbonyl (C=O) groups excluding carboxylic acids is 1. The number of hydrogen-bond donors (Lipinski definition) is 2. The first-order valence-electron chi connectivity index (χ1n) is 15.0. The SMILES string of the molecule is O=C(c1ccc(CN2CCCC3(CCN(C4CCCCC4)CC3)C2)cc1)N(Cc1ncc[nH]1)Cc1ncc[nH]1. The molecule has 2 aliphatic heterocycles. The maximum atomic E-state index is 13.5. The summed E-state index contributed by atoms with van der Waals surface area (Å²) in [5, 5.41) is 0. The lowest BCUT2D eigenvalue weighted by molar-refractivity contribution is 0.00256. The number of likely N-dealkylation sites (tertiary alicyclic amines) is 2. The van der Waals surface area contributed by atoms with E-state index in [1.165, 1.54) is 89.5 Å². The van der Waals surface area contributed by atoms with Crippen molar-refractivity contribution in [2.45, 2.75) is 83.5 Å². The predicted molar refractivity (Wildman–Crippen MR) is 152 cm³/mol. The number of rotatable bonds is 8. The van der Waals surface area contributed by atoms with E-state index < -0.39 is 0 Å². The van der Waals surface area contributed by atoms with Crippen molar-refractivity contribution >= 4 is 5.91 Å². The third-order valence-corrected chi connectivity index (χ3v) is 9.38. The van der Waals surface area contributed by atoms with Crippen molar-refractivity contribution in [3.63, 3.8) is 0 Å². The van der Waals surface area contributed by atoms with Crippen LogP contribution in [0.1, 0.15) is 85.4 Å². The number of aromatic amines is 2. The van der Waals surface area contributed by atoms with Crippen molar-refractivity contribution in [1.29, 1.82) is 0 Å². The molecule has 3 fully saturated rings. The van der Waals surface area contributed by atoms with E-state index in [1.54, 1.807) is 29.7 Å². The lowest BCUT2D eigenvalue weighted by Gasteiger charge is -2.49. The van der Waals surface area contributed by atoms with Gasteiger partial charge in [0.1, 0.15) is 11.6 Å². The van der Waals surface area contributed by atoms with E-state index in [4.69, 9.17) is 0 Å². The van der Waals surface area contributed by atoms with Gasteiger partial charge in [0.2, 0.25) is 0 Å². The Bertz CT molecular complexity index is 1120. The van der Waals surface area contributed by atoms with Crippen LogP contribution >= 0.6 is 0 Å². The van der Waals surface area contributed by atoms with Crippen LogP contribution in [0.4, 0.5) is 0 Å². The number of aromatic nitrogens is 4. The number of H-pyrrole nitrogens is 2. The summed E-state index contributed by atoms with van der Waals surface area (Å²) in [5.41, 5.74) is 2.48. The van der Waals surface area contributed by atoms with Crippen LogP contribution in [0.15, 0.2) is 49.1 Å². The molecule has 3 aromatic rings. The van der Waals surface area contributed by atoms with Gasteiger partial charge in [-0.05, 0) is 81.3 Å². The molecule has 39 heavy (non-hydrogen) atoms. The first-order chi connectivity index (χ1) is 19.2. The quantitative estimate of drug-likeness (QED) is 0.430. The van der Waals surface area contributed by atoms with E-state index in [0.29, 0.717) is 24.1 Å². The Morgan fingerprint density at radius 1 is 0.872 bits per heavy atom. The smallest absolute Gasteiger partial charge is 0.254 e. The summed E-state index contributed by atoms with van der Waals surface area (Å²) < 4.78 is 0. The fourth-order valence-corrected chi connectivity index (χ4v) is 7.19. The van der Waals surface area contributed by atoms with Gasteiger partial charge in [0.25, 0.3) is 5.91 Å². The average molecular weight is 530 g/mol. The summed E-state index contributed by atoms with van der Waals surface area (Å²) in [7, 11) is 0. The first-order valence-corrected chi connectivity index (χ1v) is 15.0. The van der Waals surface area contributed by atoms with Gasteiger partial charge in [-0.3, -0.25) is 9.69 Å². The number of carbonyl (C=O) groups is 1. The molecule has 0 bridgehead atoms. The highest BCUT2D eigenvalue weighted by molar-refractivity contribution is 5.94. The summed E-state index contributed by atoms with van der Waals surface area (Å²) in [5.74, 6) is 1.50. The van der Waals surface area contributed by atoms with E-state index in [-0.39, 0.29) is 5.91 Å². The van der Waals surface area contributed by atoms with Crippen LogP contribution in [0.5, 0.6) is 0 Å². The highest BCUT2D eigenvalue weighted by Crippen LogP contribution is 2.41. The van der Waals surface area contributed by atoms with Crippen molar-refractivity contribution in [1.82, 2.24) is 34.6 Å². The number of imidazole rings is 2. The number of piperidine rings is 2. The fourth-order valence-electron chi connectivity index (χ4n) is 7.19. The van der Waals surface area contributed by atoms with Gasteiger partial charge in [-0.1, -0.05) is 31.4 Å². The summed E-state index contributed by atoms with van der Waals surface area (Å²) in [4.78, 5) is 35.6. The third-order valence-electron chi connectivity index (χ3n) is 9.38. The second-order valence-corrected chi connectivity index (χ2v) is 12.1. The molecule has 1 spiro atoms. The van der Waals surface area contributed by atoms with Gasteiger partial charge >= 0.3 is 0 Å². The van der Waals surface area contributed by atoms with Crippen molar-refractivity contribution in [3.8, 4) is 0 Å². The first kappa shape index (κ1) is 26.3. The van der Waals surface area contributed by atoms with Crippen molar-refractivity contribution in [2.24, 2.45) is 5.41 Å². The Morgan fingerprint density at radius 2 is 1.54 bits per heavy atom. The number of nitrogens with one attached hydrogen (secondary N) is 2. The average Bonchev–Trinajstić information content (AvgIpc) is 3.69. The summed E-state index contributed by atoms with van der Waals surface area (Å²) in [6.07, 6.45) is 19.5. The molecular weight excluding hydrogens is 486 g/mol. The van der Waals surface area contributed by atoms with Crippen LogP contribution in [0.2, 0.25) is 0 Å². The van der Waals surface area contributed by atoms with Crippen LogP contribution in [0, 0.1) is 5.41 Å². The Morgan fingerprint density at radius 3 is 2.15 bits per heavy atom. The van der Waals surface area contributed by atoms with Gasteiger partial charge in [0.05, 0.1) is 13.1 Å². The van der Waals surface area contributed by atoms with Gasteiger partial charge in [-0.2, -0.15) is 0 Å². The highest BCUT2D eigenvalue weighted by atomic mass is 16.2. The van der Waals surface area contributed by atoms with Crippen molar-refractivity contribution < 1.29 is 4.79 Å². The molecule has 2 aromatic heterocycles. The van der Waals surface area contributed by atoms with E-state index in [1.807, 2.05) is 12.1 Å². The van der Waals surface area contributed by atoms with E-state index >= 15 is 0 Å². The molecule has 3 aliphatic rings. The molecule has 4 heterocycles. The Hall–Kier alpha value is -2.97. The molecule has 1 aliphatic carbocycles. The second kappa shape index (κ2) is 12.0. The van der Waals surface area contributed by atoms with Crippen molar-refractivity contribution in [3.05, 3.63) is 71.8 Å². The number of hydrogen-bond acceptors (Lipinski definition) is 5. The normalized spacial score (nSPS) is 20.8. The Balaban J connectivity index is 1.05. The van der Waals surface area contributed by atoms with Crippen LogP contribution in [0.25, 0.3) is 0 Å². The van der Waals surface area contributed by atoms with Gasteiger partial charge in [-0.25, -0.2) is 9.97 Å². The molecule has 8 heteroatoms. The largest absolute Gasteiger partial charge is 0.347 e. The molecule has 2 saturated heterocycles. The molecule has 1 aromatic carbocycles. The molecule has 0 radical (unpaired) electrons. The maximum Gasteiger partial charge on any atom is 0.254 e. The summed E-state index contributed by atoms with van der Waals surface area (Å²) >= 11 is 0. The lowest BCUT2D eigenvalue weighted by atomic mass is 9.72. The van der Waals surface area contributed by atoms with Crippen LogP contribution < -0.4 is 0 Å². The zero-order valence-electron chi connectivity index (χ0n) is 23.2. The number of amides is 1. The molecular formula is C31H43N7O. The summed E-state index contributed by atoms with van der Waals surface area (Å²) in [6.45, 7) is 6.75. The number of nitrogens with zero attached hydrogens (tertiary/aromatic N) is 5. The van der Waals surface area contributed by atoms with Crippen LogP contribution in [-0.2, 0) is 19.6 Å². The fraction of sp³-hybridized carbons (Fsp3) is 0.581. The van der Waals surface area contributed by atoms with Crippen LogP contribution in [0.3, 0.4) is 0 Å². The Kier molecular flexibility index (Phi) is 8.11. The monoisotopic (exact) mass is 529 g/mol.